The molecule has 1 amide bonds. The van der Waals surface area contributed by atoms with Crippen LogP contribution < -0.4 is 15.5 Å². The van der Waals surface area contributed by atoms with Crippen LogP contribution in [-0.4, -0.2) is 42.8 Å². The van der Waals surface area contributed by atoms with Crippen molar-refractivity contribution < 1.29 is 27.8 Å². The van der Waals surface area contributed by atoms with Crippen LogP contribution in [0, 0.1) is 0 Å². The van der Waals surface area contributed by atoms with E-state index in [4.69, 9.17) is 4.74 Å². The minimum absolute atomic E-state index is 0.122. The van der Waals surface area contributed by atoms with Crippen LogP contribution in [0.25, 0.3) is 5.57 Å². The highest BCUT2D eigenvalue weighted by atomic mass is 19.4. The number of rotatable bonds is 7. The second kappa shape index (κ2) is 10.1. The highest BCUT2D eigenvalue weighted by Gasteiger charge is 2.34. The number of alkyl halides is 3. The lowest BCUT2D eigenvalue weighted by Gasteiger charge is -2.26. The Balaban J connectivity index is 1.58. The Kier molecular flexibility index (Phi) is 7.18. The van der Waals surface area contributed by atoms with Gasteiger partial charge in [-0.25, -0.2) is 0 Å². The number of β-amino-alcohol motifs (C(OH)–C–C–N with tert-alkyl or cyclic N) is 1. The molecule has 186 valence electrons. The number of ether oxygens (including phenoxy) is 1. The summed E-state index contributed by atoms with van der Waals surface area (Å²) in [5.41, 5.74) is 3.23. The first-order valence-electron chi connectivity index (χ1n) is 11.5. The van der Waals surface area contributed by atoms with Crippen molar-refractivity contribution in [1.29, 1.82) is 0 Å². The van der Waals surface area contributed by atoms with E-state index in [1.807, 2.05) is 30.9 Å². The fraction of sp³-hybridized carbons (Fsp3) is 0.346. The summed E-state index contributed by atoms with van der Waals surface area (Å²) in [5.74, 6) is -0.359. The molecule has 2 atom stereocenters. The van der Waals surface area contributed by atoms with E-state index in [0.29, 0.717) is 29.0 Å². The number of carbonyl (C=O) groups is 1. The zero-order valence-electron chi connectivity index (χ0n) is 19.5. The van der Waals surface area contributed by atoms with Gasteiger partial charge in [-0.1, -0.05) is 36.4 Å². The Labute approximate surface area is 202 Å². The fourth-order valence-corrected chi connectivity index (χ4v) is 4.45. The van der Waals surface area contributed by atoms with Crippen molar-refractivity contribution in [3.63, 3.8) is 0 Å². The summed E-state index contributed by atoms with van der Waals surface area (Å²) in [5, 5.41) is 16.4. The number of allylic oxidation sites excluding steroid dienone is 4. The Bertz CT molecular complexity index is 1160. The molecule has 0 aromatic heterocycles. The van der Waals surface area contributed by atoms with Gasteiger partial charge in [-0.3, -0.25) is 4.79 Å². The number of nitrogens with zero attached hydrogens (tertiary/aromatic N) is 1. The zero-order valence-corrected chi connectivity index (χ0v) is 19.5. The molecule has 2 aliphatic rings. The molecule has 1 aliphatic carbocycles. The molecule has 3 N–H and O–H groups in total. The maximum atomic E-state index is 13.3. The van der Waals surface area contributed by atoms with E-state index < -0.39 is 18.0 Å². The monoisotopic (exact) mass is 487 g/mol. The maximum Gasteiger partial charge on any atom is 0.412 e. The number of para-hydroxylation sites is 1. The van der Waals surface area contributed by atoms with Crippen molar-refractivity contribution in [3.05, 3.63) is 71.3 Å². The van der Waals surface area contributed by atoms with Gasteiger partial charge in [-0.05, 0) is 56.0 Å². The summed E-state index contributed by atoms with van der Waals surface area (Å²) in [6.45, 7) is 4.40. The van der Waals surface area contributed by atoms with Crippen molar-refractivity contribution in [2.24, 2.45) is 0 Å². The number of hydrogen-bond acceptors (Lipinski definition) is 5. The Morgan fingerprint density at radius 3 is 2.66 bits per heavy atom. The minimum Gasteiger partial charge on any atom is -0.366 e. The highest BCUT2D eigenvalue weighted by molar-refractivity contribution is 6.10. The third kappa shape index (κ3) is 5.36. The molecule has 4 rings (SSSR count). The smallest absolute Gasteiger partial charge is 0.366 e. The van der Waals surface area contributed by atoms with Crippen LogP contribution in [0.15, 0.2) is 60.2 Å². The van der Waals surface area contributed by atoms with Crippen LogP contribution in [0.5, 0.6) is 0 Å². The maximum absolute atomic E-state index is 13.3. The van der Waals surface area contributed by atoms with Gasteiger partial charge in [0, 0.05) is 17.7 Å². The zero-order chi connectivity index (χ0) is 25.2. The number of aliphatic hydroxyl groups excluding tert-OH is 1. The summed E-state index contributed by atoms with van der Waals surface area (Å²) in [4.78, 5) is 15.2. The number of nitrogens with one attached hydrogen (secondary N) is 2. The summed E-state index contributed by atoms with van der Waals surface area (Å²) in [6.07, 6.45) is -2.81. The molecule has 1 heterocycles. The predicted molar refractivity (Wildman–Crippen MR) is 130 cm³/mol. The van der Waals surface area contributed by atoms with E-state index in [-0.39, 0.29) is 31.5 Å². The van der Waals surface area contributed by atoms with E-state index in [0.717, 1.165) is 17.5 Å². The van der Waals surface area contributed by atoms with Crippen LogP contribution >= 0.6 is 0 Å². The molecule has 35 heavy (non-hydrogen) atoms. The number of carbonyl (C=O) groups excluding carboxylic acids is 1. The van der Waals surface area contributed by atoms with Crippen molar-refractivity contribution in [2.75, 3.05) is 28.7 Å². The largest absolute Gasteiger partial charge is 0.412 e. The molecule has 2 unspecified atom stereocenters. The number of fused-ring (bicyclic) bond motifs is 1. The van der Waals surface area contributed by atoms with Crippen molar-refractivity contribution >= 4 is 28.5 Å². The number of anilines is 3. The number of amides is 1. The van der Waals surface area contributed by atoms with Gasteiger partial charge in [0.25, 0.3) is 5.91 Å². The van der Waals surface area contributed by atoms with Gasteiger partial charge in [-0.2, -0.15) is 13.2 Å². The molecule has 6 nitrogen and oxygen atoms in total. The number of aliphatic hydroxyl groups is 1. The van der Waals surface area contributed by atoms with Gasteiger partial charge in [0.15, 0.2) is 6.29 Å². The van der Waals surface area contributed by atoms with Gasteiger partial charge in [0.2, 0.25) is 0 Å². The van der Waals surface area contributed by atoms with E-state index in [1.165, 1.54) is 6.08 Å². The van der Waals surface area contributed by atoms with E-state index in [9.17, 15) is 23.1 Å². The molecule has 0 spiro atoms. The lowest BCUT2D eigenvalue weighted by Crippen LogP contribution is -2.39. The van der Waals surface area contributed by atoms with E-state index in [2.05, 4.69) is 10.6 Å². The number of halogens is 3. The average Bonchev–Trinajstić information content (AvgIpc) is 3.14. The van der Waals surface area contributed by atoms with E-state index >= 15 is 0 Å². The summed E-state index contributed by atoms with van der Waals surface area (Å²) < 4.78 is 44.3. The van der Waals surface area contributed by atoms with Gasteiger partial charge >= 0.3 is 6.18 Å². The molecule has 0 saturated heterocycles. The van der Waals surface area contributed by atoms with Crippen molar-refractivity contribution in [3.8, 4) is 0 Å². The summed E-state index contributed by atoms with van der Waals surface area (Å²) >= 11 is 0. The molecular weight excluding hydrogens is 459 g/mol. The molecule has 0 bridgehead atoms. The predicted octanol–water partition coefficient (Wildman–Crippen LogP) is 5.54. The van der Waals surface area contributed by atoms with E-state index in [1.54, 1.807) is 30.3 Å². The quantitative estimate of drug-likeness (QED) is 0.448. The molecule has 9 heteroatoms. The molecular formula is C26H28F3N3O3. The average molecular weight is 488 g/mol. The molecule has 1 aliphatic heterocycles. The second-order valence-corrected chi connectivity index (χ2v) is 8.46. The standard InChI is InChI=1S/C26H28F3N3O3/c1-3-35-23(33)15-32-16(2)30-24-21(9-6-10-22(24)32)31-25(34)20-8-5-4-7-19(20)17-11-13-18(14-12-17)26(27,28)29/h4-11,13,16,23,30,33H,3,12,14-15H2,1-2H3,(H,31,34). The fourth-order valence-electron chi connectivity index (χ4n) is 4.45. The number of benzene rings is 2. The molecule has 0 fully saturated rings. The Hall–Kier alpha value is -3.30. The molecule has 2 aromatic rings. The summed E-state index contributed by atoms with van der Waals surface area (Å²) in [7, 11) is 0. The van der Waals surface area contributed by atoms with Crippen LogP contribution in [0.2, 0.25) is 0 Å². The number of hydrogen-bond donors (Lipinski definition) is 3. The van der Waals surface area contributed by atoms with Crippen LogP contribution in [0.4, 0.5) is 30.2 Å². The third-order valence-electron chi connectivity index (χ3n) is 6.16. The van der Waals surface area contributed by atoms with Crippen molar-refractivity contribution in [1.82, 2.24) is 0 Å². The first-order valence-corrected chi connectivity index (χ1v) is 11.5. The van der Waals surface area contributed by atoms with Gasteiger partial charge in [0.1, 0.15) is 0 Å². The first kappa shape index (κ1) is 24.8. The van der Waals surface area contributed by atoms with Crippen LogP contribution in [0.1, 0.15) is 42.6 Å². The van der Waals surface area contributed by atoms with Gasteiger partial charge in [-0.15, -0.1) is 0 Å². The Morgan fingerprint density at radius 2 is 1.97 bits per heavy atom. The lowest BCUT2D eigenvalue weighted by molar-refractivity contribution is -0.0940. The van der Waals surface area contributed by atoms with Gasteiger partial charge in [0.05, 0.1) is 29.8 Å². The topological polar surface area (TPSA) is 73.8 Å². The minimum atomic E-state index is -4.34. The Morgan fingerprint density at radius 1 is 1.20 bits per heavy atom. The molecule has 0 saturated carbocycles. The highest BCUT2D eigenvalue weighted by Crippen LogP contribution is 2.41. The third-order valence-corrected chi connectivity index (χ3v) is 6.16. The first-order chi connectivity index (χ1) is 16.7. The molecule has 0 radical (unpaired) electrons. The lowest BCUT2D eigenvalue weighted by atomic mass is 9.90. The summed E-state index contributed by atoms with van der Waals surface area (Å²) in [6, 6.07) is 12.4. The molecule has 2 aromatic carbocycles. The SMILES string of the molecule is CCOC(O)CN1c2cccc(NC(=O)c3ccccc3C3=CC=C(C(F)(F)F)CC3)c2NC1C. The van der Waals surface area contributed by atoms with Crippen LogP contribution in [0.3, 0.4) is 0 Å². The van der Waals surface area contributed by atoms with Gasteiger partial charge < -0.3 is 25.4 Å². The van der Waals surface area contributed by atoms with Crippen molar-refractivity contribution in [2.45, 2.75) is 45.3 Å². The second-order valence-electron chi connectivity index (χ2n) is 8.46. The normalized spacial score (nSPS) is 18.3. The van der Waals surface area contributed by atoms with Crippen LogP contribution in [-0.2, 0) is 4.74 Å².